The smallest absolute Gasteiger partial charge is 0.270 e. The minimum absolute atomic E-state index is 0.0720. The van der Waals surface area contributed by atoms with E-state index >= 15 is 0 Å². The molecule has 1 saturated carbocycles. The van der Waals surface area contributed by atoms with Gasteiger partial charge in [0.2, 0.25) is 17.7 Å². The van der Waals surface area contributed by atoms with Gasteiger partial charge in [-0.1, -0.05) is 96.6 Å². The predicted molar refractivity (Wildman–Crippen MR) is 215 cm³/mol. The molecule has 1 aliphatic rings. The van der Waals surface area contributed by atoms with Crippen LogP contribution in [0.15, 0.2) is 73.3 Å². The lowest BCUT2D eigenvalue weighted by Crippen LogP contribution is -2.55. The molecule has 4 amide bonds. The fraction of sp³-hybridized carbons (Fsp3) is 0.512. The van der Waals surface area contributed by atoms with E-state index in [2.05, 4.69) is 41.2 Å². The van der Waals surface area contributed by atoms with Gasteiger partial charge in [0.15, 0.2) is 0 Å². The molecule has 0 bridgehead atoms. The highest BCUT2D eigenvalue weighted by Gasteiger charge is 2.36. The van der Waals surface area contributed by atoms with Crippen LogP contribution in [0.4, 0.5) is 0 Å². The third-order valence-electron chi connectivity index (χ3n) is 11.1. The average Bonchev–Trinajstić information content (AvgIpc) is 3.73. The number of hydrogen-bond donors (Lipinski definition) is 6. The summed E-state index contributed by atoms with van der Waals surface area (Å²) in [6, 6.07) is 13.9. The Labute approximate surface area is 329 Å². The summed E-state index contributed by atoms with van der Waals surface area (Å²) < 4.78 is 0. The lowest BCUT2D eigenvalue weighted by atomic mass is 9.81. The summed E-state index contributed by atoms with van der Waals surface area (Å²) in [4.78, 5) is 71.2. The predicted octanol–water partition coefficient (Wildman–Crippen LogP) is 5.02. The van der Waals surface area contributed by atoms with Crippen LogP contribution < -0.4 is 21.3 Å². The Bertz CT molecular complexity index is 1860. The van der Waals surface area contributed by atoms with Gasteiger partial charge in [-0.05, 0) is 54.9 Å². The van der Waals surface area contributed by atoms with Gasteiger partial charge in [-0.3, -0.25) is 24.2 Å². The zero-order valence-electron chi connectivity index (χ0n) is 33.0. The fourth-order valence-electron chi connectivity index (χ4n) is 7.49. The van der Waals surface area contributed by atoms with Crippen LogP contribution in [0, 0.1) is 23.7 Å². The van der Waals surface area contributed by atoms with Gasteiger partial charge in [0, 0.05) is 35.8 Å². The van der Waals surface area contributed by atoms with Crippen molar-refractivity contribution in [2.45, 2.75) is 116 Å². The van der Waals surface area contributed by atoms with Crippen molar-refractivity contribution < 1.29 is 24.3 Å². The molecule has 3 heterocycles. The first-order chi connectivity index (χ1) is 27.0. The topological polar surface area (TPSA) is 191 Å². The van der Waals surface area contributed by atoms with Crippen molar-refractivity contribution in [3.63, 3.8) is 0 Å². The first-order valence-corrected chi connectivity index (χ1v) is 20.1. The van der Waals surface area contributed by atoms with Gasteiger partial charge in [0.05, 0.1) is 36.2 Å². The van der Waals surface area contributed by atoms with Gasteiger partial charge in [0.25, 0.3) is 5.91 Å². The van der Waals surface area contributed by atoms with Crippen molar-refractivity contribution in [3.05, 3.63) is 90.4 Å². The lowest BCUT2D eigenvalue weighted by molar-refractivity contribution is -0.134. The first kappa shape index (κ1) is 42.0. The van der Waals surface area contributed by atoms with Crippen LogP contribution in [0.25, 0.3) is 10.9 Å². The van der Waals surface area contributed by atoms with E-state index in [4.69, 9.17) is 0 Å². The number of aliphatic hydroxyl groups excluding tert-OH is 1. The molecule has 56 heavy (non-hydrogen) atoms. The van der Waals surface area contributed by atoms with Gasteiger partial charge in [-0.2, -0.15) is 0 Å². The molecule has 4 aromatic rings. The molecule has 0 spiro atoms. The highest BCUT2D eigenvalue weighted by atomic mass is 16.3. The maximum Gasteiger partial charge on any atom is 0.270 e. The number of rotatable bonds is 19. The van der Waals surface area contributed by atoms with Crippen molar-refractivity contribution in [2.24, 2.45) is 23.7 Å². The zero-order valence-corrected chi connectivity index (χ0v) is 33.0. The molecule has 0 radical (unpaired) electrons. The molecule has 0 unspecified atom stereocenters. The van der Waals surface area contributed by atoms with E-state index in [1.54, 1.807) is 18.5 Å². The second kappa shape index (κ2) is 20.7. The number of fused-ring (bicyclic) bond motifs is 1. The maximum atomic E-state index is 14.2. The fourth-order valence-corrected chi connectivity index (χ4v) is 7.49. The van der Waals surface area contributed by atoms with Crippen LogP contribution in [0.5, 0.6) is 0 Å². The Morgan fingerprint density at radius 1 is 0.893 bits per heavy atom. The molecule has 13 nitrogen and oxygen atoms in total. The molecule has 5 rings (SSSR count). The Kier molecular flexibility index (Phi) is 15.5. The molecule has 13 heteroatoms. The van der Waals surface area contributed by atoms with E-state index in [9.17, 15) is 24.3 Å². The number of amides is 4. The van der Waals surface area contributed by atoms with Crippen molar-refractivity contribution in [1.82, 2.24) is 41.2 Å². The quantitative estimate of drug-likeness (QED) is 0.0767. The van der Waals surface area contributed by atoms with Gasteiger partial charge in [-0.15, -0.1) is 0 Å². The SMILES string of the molecule is CC[C@H](C)[C@H](NC(=O)[C@@H](C[C@H](O)[C@H](CC1CCCCC1)NC(=O)[C@H](Cc1cnc[nH]1)NC(=O)c1ccc2ccccc2n1)C(C)C)C(=O)NCc1ccccn1. The summed E-state index contributed by atoms with van der Waals surface area (Å²) in [5.41, 5.74) is 2.20. The van der Waals surface area contributed by atoms with E-state index in [0.717, 1.165) is 37.5 Å². The number of carbonyl (C=O) groups is 4. The lowest BCUT2D eigenvalue weighted by Gasteiger charge is -2.34. The van der Waals surface area contributed by atoms with E-state index in [-0.39, 0.29) is 54.6 Å². The standard InChI is InChI=1S/C43H58N8O5/c1-5-28(4)39(43(56)46-25-31-16-11-12-20-45-31)51-40(53)33(27(2)3)23-38(52)36(21-29-13-7-6-8-14-29)49-42(55)37(22-32-24-44-26-47-32)50-41(54)35-19-18-30-15-9-10-17-34(30)48-35/h9-12,15-20,24,26-29,33,36-39,52H,5-8,13-14,21-23,25H2,1-4H3,(H,44,47)(H,46,56)(H,49,55)(H,50,54)(H,51,53)/t28-,33-,36-,37-,38-,39-/m0/s1. The second-order valence-corrected chi connectivity index (χ2v) is 15.6. The van der Waals surface area contributed by atoms with E-state index in [1.807, 2.05) is 76.2 Å². The maximum absolute atomic E-state index is 14.2. The molecular formula is C43H58N8O5. The summed E-state index contributed by atoms with van der Waals surface area (Å²) in [6.07, 6.45) is 10.4. The third-order valence-corrected chi connectivity index (χ3v) is 11.1. The molecule has 1 aliphatic carbocycles. The number of nitrogens with one attached hydrogen (secondary N) is 5. The minimum atomic E-state index is -1.08. The van der Waals surface area contributed by atoms with Crippen molar-refractivity contribution >= 4 is 34.5 Å². The molecule has 1 aromatic carbocycles. The Balaban J connectivity index is 1.32. The van der Waals surface area contributed by atoms with Crippen molar-refractivity contribution in [3.8, 4) is 0 Å². The zero-order chi connectivity index (χ0) is 40.0. The summed E-state index contributed by atoms with van der Waals surface area (Å²) in [7, 11) is 0. The monoisotopic (exact) mass is 766 g/mol. The molecule has 1 fully saturated rings. The summed E-state index contributed by atoms with van der Waals surface area (Å²) in [5.74, 6) is -2.27. The van der Waals surface area contributed by atoms with Crippen LogP contribution in [-0.4, -0.2) is 72.9 Å². The number of aliphatic hydroxyl groups is 1. The molecule has 0 aliphatic heterocycles. The summed E-state index contributed by atoms with van der Waals surface area (Å²) in [5, 5.41) is 24.8. The van der Waals surface area contributed by atoms with Gasteiger partial charge in [0.1, 0.15) is 17.8 Å². The number of aromatic amines is 1. The number of aromatic nitrogens is 4. The van der Waals surface area contributed by atoms with Crippen molar-refractivity contribution in [1.29, 1.82) is 0 Å². The number of nitrogens with zero attached hydrogens (tertiary/aromatic N) is 3. The highest BCUT2D eigenvalue weighted by molar-refractivity contribution is 5.98. The van der Waals surface area contributed by atoms with Crippen LogP contribution in [0.3, 0.4) is 0 Å². The minimum Gasteiger partial charge on any atom is -0.391 e. The van der Waals surface area contributed by atoms with Crippen LogP contribution in [0.1, 0.15) is 101 Å². The van der Waals surface area contributed by atoms with E-state index < -0.39 is 42.0 Å². The number of benzene rings is 1. The van der Waals surface area contributed by atoms with Gasteiger partial charge >= 0.3 is 0 Å². The molecule has 6 N–H and O–H groups in total. The molecule has 6 atom stereocenters. The largest absolute Gasteiger partial charge is 0.391 e. The number of hydrogen-bond acceptors (Lipinski definition) is 8. The average molecular weight is 767 g/mol. The number of imidazole rings is 1. The summed E-state index contributed by atoms with van der Waals surface area (Å²) in [6.45, 7) is 7.97. The number of carbonyl (C=O) groups excluding carboxylic acids is 4. The second-order valence-electron chi connectivity index (χ2n) is 15.6. The van der Waals surface area contributed by atoms with Crippen LogP contribution in [-0.2, 0) is 27.3 Å². The highest BCUT2D eigenvalue weighted by Crippen LogP contribution is 2.30. The summed E-state index contributed by atoms with van der Waals surface area (Å²) >= 11 is 0. The normalized spacial score (nSPS) is 16.6. The molecule has 300 valence electrons. The third kappa shape index (κ3) is 11.9. The Morgan fingerprint density at radius 2 is 1.66 bits per heavy atom. The van der Waals surface area contributed by atoms with Crippen LogP contribution in [0.2, 0.25) is 0 Å². The number of H-pyrrole nitrogens is 1. The Hall–Kier alpha value is -5.17. The van der Waals surface area contributed by atoms with Crippen molar-refractivity contribution in [2.75, 3.05) is 0 Å². The molecule has 3 aromatic heterocycles. The molecule has 0 saturated heterocycles. The number of pyridine rings is 2. The van der Waals surface area contributed by atoms with Crippen LogP contribution >= 0.6 is 0 Å². The van der Waals surface area contributed by atoms with E-state index in [0.29, 0.717) is 29.7 Å². The van der Waals surface area contributed by atoms with E-state index in [1.165, 1.54) is 6.33 Å². The van der Waals surface area contributed by atoms with Gasteiger partial charge in [-0.25, -0.2) is 9.97 Å². The molecular weight excluding hydrogens is 709 g/mol. The first-order valence-electron chi connectivity index (χ1n) is 20.1. The number of para-hydroxylation sites is 1. The van der Waals surface area contributed by atoms with Gasteiger partial charge < -0.3 is 31.4 Å². The Morgan fingerprint density at radius 3 is 2.36 bits per heavy atom.